The van der Waals surface area contributed by atoms with Crippen LogP contribution in [-0.2, 0) is 5.88 Å². The number of hydrogen-bond donors (Lipinski definition) is 0. The van der Waals surface area contributed by atoms with E-state index in [1.165, 1.54) is 6.33 Å². The zero-order chi connectivity index (χ0) is 6.69. The third-order valence-corrected chi connectivity index (χ3v) is 1.27. The number of aryl methyl sites for hydroxylation is 1. The van der Waals surface area contributed by atoms with Gasteiger partial charge in [-0.25, -0.2) is 9.97 Å². The fourth-order valence-electron chi connectivity index (χ4n) is 0.583. The molecule has 0 radical (unpaired) electrons. The van der Waals surface area contributed by atoms with Gasteiger partial charge in [0.15, 0.2) is 0 Å². The predicted octanol–water partition coefficient (Wildman–Crippen LogP) is 1.52. The fraction of sp³-hybridized carbons (Fsp3) is 0.333. The largest absolute Gasteiger partial charge is 0.242 e. The van der Waals surface area contributed by atoms with E-state index in [1.54, 1.807) is 0 Å². The lowest BCUT2D eigenvalue weighted by Gasteiger charge is -1.92. The second-order valence-electron chi connectivity index (χ2n) is 1.78. The van der Waals surface area contributed by atoms with Crippen molar-refractivity contribution in [3.8, 4) is 0 Å². The molecule has 0 bridgehead atoms. The van der Waals surface area contributed by atoms with Crippen LogP contribution in [0.5, 0.6) is 0 Å². The van der Waals surface area contributed by atoms with Gasteiger partial charge in [0.1, 0.15) is 6.33 Å². The standard InChI is InChI=1S/C6H7ClN2/c1-5-2-6(3-7)9-4-8-5/h2,4H,3H2,1H3. The quantitative estimate of drug-likeness (QED) is 0.556. The van der Waals surface area contributed by atoms with Crippen LogP contribution in [0.1, 0.15) is 11.4 Å². The Balaban J connectivity index is 2.94. The first-order valence-electron chi connectivity index (χ1n) is 2.66. The summed E-state index contributed by atoms with van der Waals surface area (Å²) < 4.78 is 0. The normalized spacial score (nSPS) is 9.56. The van der Waals surface area contributed by atoms with E-state index in [0.717, 1.165) is 11.4 Å². The van der Waals surface area contributed by atoms with Crippen LogP contribution in [0.2, 0.25) is 0 Å². The van der Waals surface area contributed by atoms with Gasteiger partial charge in [-0.3, -0.25) is 0 Å². The molecular formula is C6H7ClN2. The molecule has 9 heavy (non-hydrogen) atoms. The molecule has 1 aromatic rings. The van der Waals surface area contributed by atoms with Crippen molar-refractivity contribution in [1.82, 2.24) is 9.97 Å². The maximum atomic E-state index is 5.51. The Morgan fingerprint density at radius 1 is 1.56 bits per heavy atom. The molecule has 2 nitrogen and oxygen atoms in total. The third-order valence-electron chi connectivity index (χ3n) is 0.997. The zero-order valence-corrected chi connectivity index (χ0v) is 5.89. The van der Waals surface area contributed by atoms with E-state index in [0.29, 0.717) is 5.88 Å². The van der Waals surface area contributed by atoms with Crippen LogP contribution < -0.4 is 0 Å². The summed E-state index contributed by atoms with van der Waals surface area (Å²) >= 11 is 5.51. The molecule has 0 aliphatic heterocycles. The van der Waals surface area contributed by atoms with Gasteiger partial charge < -0.3 is 0 Å². The Morgan fingerprint density at radius 3 is 2.78 bits per heavy atom. The topological polar surface area (TPSA) is 25.8 Å². The molecule has 3 heteroatoms. The van der Waals surface area contributed by atoms with Crippen LogP contribution in [0.3, 0.4) is 0 Å². The number of rotatable bonds is 1. The average molecular weight is 143 g/mol. The van der Waals surface area contributed by atoms with E-state index >= 15 is 0 Å². The number of nitrogens with zero attached hydrogens (tertiary/aromatic N) is 2. The van der Waals surface area contributed by atoms with Crippen molar-refractivity contribution in [2.45, 2.75) is 12.8 Å². The van der Waals surface area contributed by atoms with Crippen LogP contribution in [0, 0.1) is 6.92 Å². The Labute approximate surface area is 58.9 Å². The van der Waals surface area contributed by atoms with Gasteiger partial charge in [0.25, 0.3) is 0 Å². The molecule has 0 saturated carbocycles. The van der Waals surface area contributed by atoms with Crippen molar-refractivity contribution in [1.29, 1.82) is 0 Å². The van der Waals surface area contributed by atoms with Gasteiger partial charge >= 0.3 is 0 Å². The molecule has 48 valence electrons. The van der Waals surface area contributed by atoms with Gasteiger partial charge in [-0.05, 0) is 13.0 Å². The second kappa shape index (κ2) is 2.78. The molecule has 0 saturated heterocycles. The maximum absolute atomic E-state index is 5.51. The van der Waals surface area contributed by atoms with Crippen molar-refractivity contribution in [3.05, 3.63) is 23.8 Å². The van der Waals surface area contributed by atoms with Crippen molar-refractivity contribution in [3.63, 3.8) is 0 Å². The number of hydrogen-bond acceptors (Lipinski definition) is 2. The SMILES string of the molecule is Cc1cc(CCl)ncn1. The predicted molar refractivity (Wildman–Crippen MR) is 36.3 cm³/mol. The molecule has 0 spiro atoms. The molecule has 1 heterocycles. The zero-order valence-electron chi connectivity index (χ0n) is 5.13. The minimum atomic E-state index is 0.462. The minimum absolute atomic E-state index is 0.462. The number of halogens is 1. The Kier molecular flexibility index (Phi) is 2.01. The van der Waals surface area contributed by atoms with Gasteiger partial charge in [-0.2, -0.15) is 0 Å². The summed E-state index contributed by atoms with van der Waals surface area (Å²) in [5.74, 6) is 0.462. The van der Waals surface area contributed by atoms with Gasteiger partial charge in [0.2, 0.25) is 0 Å². The van der Waals surface area contributed by atoms with Gasteiger partial charge in [0.05, 0.1) is 11.6 Å². The van der Waals surface area contributed by atoms with Crippen molar-refractivity contribution in [2.24, 2.45) is 0 Å². The number of aromatic nitrogens is 2. The van der Waals surface area contributed by atoms with Crippen molar-refractivity contribution < 1.29 is 0 Å². The van der Waals surface area contributed by atoms with E-state index in [1.807, 2.05) is 13.0 Å². The van der Waals surface area contributed by atoms with Crippen LogP contribution in [0.4, 0.5) is 0 Å². The average Bonchev–Trinajstić information content (AvgIpc) is 1.88. The maximum Gasteiger partial charge on any atom is 0.115 e. The molecule has 1 rings (SSSR count). The lowest BCUT2D eigenvalue weighted by atomic mass is 10.4. The smallest absolute Gasteiger partial charge is 0.115 e. The lowest BCUT2D eigenvalue weighted by molar-refractivity contribution is 1.04. The van der Waals surface area contributed by atoms with E-state index in [4.69, 9.17) is 11.6 Å². The second-order valence-corrected chi connectivity index (χ2v) is 2.05. The summed E-state index contributed by atoms with van der Waals surface area (Å²) in [6.45, 7) is 1.91. The summed E-state index contributed by atoms with van der Waals surface area (Å²) in [7, 11) is 0. The van der Waals surface area contributed by atoms with E-state index in [2.05, 4.69) is 9.97 Å². The summed E-state index contributed by atoms with van der Waals surface area (Å²) in [5, 5.41) is 0. The highest BCUT2D eigenvalue weighted by Gasteiger charge is 1.89. The molecule has 1 aromatic heterocycles. The molecule has 0 fully saturated rings. The highest BCUT2D eigenvalue weighted by Crippen LogP contribution is 1.98. The summed E-state index contributed by atoms with van der Waals surface area (Å²) in [6.07, 6.45) is 1.52. The Morgan fingerprint density at radius 2 is 2.33 bits per heavy atom. The van der Waals surface area contributed by atoms with Crippen LogP contribution >= 0.6 is 11.6 Å². The molecule has 0 aliphatic carbocycles. The van der Waals surface area contributed by atoms with Crippen LogP contribution in [-0.4, -0.2) is 9.97 Å². The molecule has 0 amide bonds. The first kappa shape index (κ1) is 6.49. The molecule has 0 N–H and O–H groups in total. The summed E-state index contributed by atoms with van der Waals surface area (Å²) in [6, 6.07) is 1.87. The lowest BCUT2D eigenvalue weighted by Crippen LogP contribution is -1.87. The summed E-state index contributed by atoms with van der Waals surface area (Å²) in [4.78, 5) is 7.83. The van der Waals surface area contributed by atoms with Gasteiger partial charge in [-0.15, -0.1) is 11.6 Å². The Hall–Kier alpha value is -0.630. The monoisotopic (exact) mass is 142 g/mol. The first-order chi connectivity index (χ1) is 4.33. The molecule has 0 unspecified atom stereocenters. The van der Waals surface area contributed by atoms with E-state index < -0.39 is 0 Å². The molecular weight excluding hydrogens is 136 g/mol. The molecule has 0 atom stereocenters. The first-order valence-corrected chi connectivity index (χ1v) is 3.20. The minimum Gasteiger partial charge on any atom is -0.242 e. The van der Waals surface area contributed by atoms with Crippen molar-refractivity contribution >= 4 is 11.6 Å². The fourth-order valence-corrected chi connectivity index (χ4v) is 0.729. The highest BCUT2D eigenvalue weighted by molar-refractivity contribution is 6.16. The summed E-state index contributed by atoms with van der Waals surface area (Å²) in [5.41, 5.74) is 1.84. The molecule has 0 aromatic carbocycles. The number of alkyl halides is 1. The third kappa shape index (κ3) is 1.64. The van der Waals surface area contributed by atoms with Crippen LogP contribution in [0.25, 0.3) is 0 Å². The Bertz CT molecular complexity index is 200. The highest BCUT2D eigenvalue weighted by atomic mass is 35.5. The van der Waals surface area contributed by atoms with E-state index in [9.17, 15) is 0 Å². The van der Waals surface area contributed by atoms with E-state index in [-0.39, 0.29) is 0 Å². The van der Waals surface area contributed by atoms with Crippen molar-refractivity contribution in [2.75, 3.05) is 0 Å². The van der Waals surface area contributed by atoms with Gasteiger partial charge in [0, 0.05) is 5.69 Å². The van der Waals surface area contributed by atoms with Crippen LogP contribution in [0.15, 0.2) is 12.4 Å². The van der Waals surface area contributed by atoms with Gasteiger partial charge in [-0.1, -0.05) is 0 Å². The molecule has 0 aliphatic rings.